The predicted molar refractivity (Wildman–Crippen MR) is 134 cm³/mol. The van der Waals surface area contributed by atoms with Crippen molar-refractivity contribution < 1.29 is 26.2 Å². The molecule has 2 unspecified atom stereocenters. The number of ether oxygens (including phenoxy) is 1. The molecule has 2 N–H and O–H groups in total. The molecule has 0 aromatic carbocycles. The summed E-state index contributed by atoms with van der Waals surface area (Å²) in [6, 6.07) is 0. The summed E-state index contributed by atoms with van der Waals surface area (Å²) in [7, 11) is -8.68. The van der Waals surface area contributed by atoms with Crippen LogP contribution in [0.2, 0.25) is 36.3 Å². The molecule has 3 rings (SSSR count). The normalized spacial score (nSPS) is 30.2. The SMILES string of the molecule is CC(C)(C)[Si](C)(C)OCC1O[C@@H](n2ccnn2)[C@H](O[Si](C)(C)C(C)(C)C)C12OS(=O)(=O)C=C2N. The largest absolute Gasteiger partial charge is 0.414 e. The summed E-state index contributed by atoms with van der Waals surface area (Å²) >= 11 is 0. The smallest absolute Gasteiger partial charge is 0.292 e. The zero-order valence-electron chi connectivity index (χ0n) is 21.9. The predicted octanol–water partition coefficient (Wildman–Crippen LogP) is 3.49. The molecule has 2 aliphatic heterocycles. The van der Waals surface area contributed by atoms with Crippen LogP contribution in [0, 0.1) is 0 Å². The molecule has 1 spiro atoms. The van der Waals surface area contributed by atoms with Crippen molar-refractivity contribution in [1.82, 2.24) is 15.0 Å². The second-order valence-corrected chi connectivity index (χ2v) is 23.2. The maximum Gasteiger partial charge on any atom is 0.292 e. The van der Waals surface area contributed by atoms with Crippen molar-refractivity contribution in [3.63, 3.8) is 0 Å². The van der Waals surface area contributed by atoms with Crippen LogP contribution in [0.25, 0.3) is 0 Å². The second kappa shape index (κ2) is 8.49. The number of aromatic nitrogens is 3. The van der Waals surface area contributed by atoms with Crippen LogP contribution < -0.4 is 5.73 Å². The Hall–Kier alpha value is -1.10. The third kappa shape index (κ3) is 4.80. The minimum Gasteiger partial charge on any atom is -0.414 e. The van der Waals surface area contributed by atoms with Crippen LogP contribution in [-0.4, -0.2) is 64.5 Å². The number of hydrogen-bond donors (Lipinski definition) is 1. The number of hydrogen-bond acceptors (Lipinski definition) is 9. The molecule has 34 heavy (non-hydrogen) atoms. The lowest BCUT2D eigenvalue weighted by Gasteiger charge is -2.43. The van der Waals surface area contributed by atoms with E-state index < -0.39 is 50.8 Å². The van der Waals surface area contributed by atoms with Gasteiger partial charge in [-0.05, 0) is 36.3 Å². The summed E-state index contributed by atoms with van der Waals surface area (Å²) in [5.41, 5.74) is 4.89. The average molecular weight is 533 g/mol. The Balaban J connectivity index is 2.11. The van der Waals surface area contributed by atoms with Gasteiger partial charge in [-0.15, -0.1) is 5.10 Å². The minimum atomic E-state index is -4.04. The van der Waals surface area contributed by atoms with E-state index in [0.717, 1.165) is 5.41 Å². The molecule has 2 aliphatic rings. The van der Waals surface area contributed by atoms with Crippen molar-refractivity contribution in [3.05, 3.63) is 23.5 Å². The van der Waals surface area contributed by atoms with Crippen LogP contribution in [0.4, 0.5) is 0 Å². The van der Waals surface area contributed by atoms with Gasteiger partial charge in [0.05, 0.1) is 23.9 Å². The topological polar surface area (TPSA) is 128 Å². The van der Waals surface area contributed by atoms with Crippen LogP contribution in [0.1, 0.15) is 47.8 Å². The molecule has 0 bridgehead atoms. The summed E-state index contributed by atoms with van der Waals surface area (Å²) < 4.78 is 52.3. The van der Waals surface area contributed by atoms with Crippen LogP contribution in [0.15, 0.2) is 23.5 Å². The van der Waals surface area contributed by atoms with E-state index in [9.17, 15) is 8.42 Å². The summed E-state index contributed by atoms with van der Waals surface area (Å²) in [6.07, 6.45) is 0.672. The van der Waals surface area contributed by atoms with E-state index in [-0.39, 0.29) is 22.4 Å². The van der Waals surface area contributed by atoms with Crippen molar-refractivity contribution in [1.29, 1.82) is 0 Å². The molecule has 0 saturated carbocycles. The van der Waals surface area contributed by atoms with Gasteiger partial charge in [0.15, 0.2) is 28.5 Å². The quantitative estimate of drug-likeness (QED) is 0.432. The molecule has 1 aromatic rings. The molecule has 194 valence electrons. The van der Waals surface area contributed by atoms with Crippen molar-refractivity contribution in [2.45, 2.75) is 102 Å². The summed E-state index contributed by atoms with van der Waals surface area (Å²) in [6.45, 7) is 21.2. The Morgan fingerprint density at radius 3 is 2.15 bits per heavy atom. The molecule has 1 fully saturated rings. The van der Waals surface area contributed by atoms with Gasteiger partial charge in [-0.25, -0.2) is 8.86 Å². The Labute approximate surface area is 205 Å². The molecule has 0 aliphatic carbocycles. The lowest BCUT2D eigenvalue weighted by atomic mass is 9.89. The molecular weight excluding hydrogens is 492 g/mol. The van der Waals surface area contributed by atoms with Crippen molar-refractivity contribution in [2.24, 2.45) is 5.73 Å². The zero-order chi connectivity index (χ0) is 26.0. The molecule has 0 radical (unpaired) electrons. The van der Waals surface area contributed by atoms with E-state index in [1.54, 1.807) is 6.20 Å². The van der Waals surface area contributed by atoms with Crippen molar-refractivity contribution >= 4 is 26.8 Å². The fourth-order valence-corrected chi connectivity index (χ4v) is 7.06. The Bertz CT molecular complexity index is 1030. The van der Waals surface area contributed by atoms with Gasteiger partial charge in [0, 0.05) is 6.20 Å². The van der Waals surface area contributed by atoms with E-state index in [2.05, 4.69) is 78.0 Å². The lowest BCUT2D eigenvalue weighted by Crippen LogP contribution is -2.59. The monoisotopic (exact) mass is 532 g/mol. The Morgan fingerprint density at radius 1 is 1.12 bits per heavy atom. The van der Waals surface area contributed by atoms with Crippen LogP contribution in [0.5, 0.6) is 0 Å². The first-order valence-corrected chi connectivity index (χ1v) is 18.8. The fraction of sp³-hybridized carbons (Fsp3) is 0.810. The van der Waals surface area contributed by atoms with Crippen LogP contribution in [0.3, 0.4) is 0 Å². The van der Waals surface area contributed by atoms with Crippen LogP contribution in [-0.2, 0) is 27.9 Å². The first-order chi connectivity index (χ1) is 15.2. The summed E-state index contributed by atoms with van der Waals surface area (Å²) in [5.74, 6) is 0. The van der Waals surface area contributed by atoms with Gasteiger partial charge in [-0.3, -0.25) is 0 Å². The van der Waals surface area contributed by atoms with E-state index in [4.69, 9.17) is 23.5 Å². The average Bonchev–Trinajstić information content (AvgIpc) is 3.31. The Morgan fingerprint density at radius 2 is 1.71 bits per heavy atom. The molecule has 4 atom stereocenters. The van der Waals surface area contributed by atoms with Gasteiger partial charge >= 0.3 is 0 Å². The molecule has 13 heteroatoms. The first kappa shape index (κ1) is 27.5. The van der Waals surface area contributed by atoms with Gasteiger partial charge < -0.3 is 19.3 Å². The van der Waals surface area contributed by atoms with Crippen molar-refractivity contribution in [2.75, 3.05) is 6.61 Å². The van der Waals surface area contributed by atoms with Gasteiger partial charge in [0.1, 0.15) is 12.2 Å². The van der Waals surface area contributed by atoms with E-state index in [0.29, 0.717) is 0 Å². The maximum absolute atomic E-state index is 12.7. The summed E-state index contributed by atoms with van der Waals surface area (Å²) in [5, 5.41) is 8.78. The molecule has 3 heterocycles. The third-order valence-corrected chi connectivity index (χ3v) is 17.8. The molecule has 0 amide bonds. The van der Waals surface area contributed by atoms with E-state index in [1.807, 2.05) is 0 Å². The molecule has 1 saturated heterocycles. The van der Waals surface area contributed by atoms with Crippen molar-refractivity contribution in [3.8, 4) is 0 Å². The summed E-state index contributed by atoms with van der Waals surface area (Å²) in [4.78, 5) is 0. The standard InChI is InChI=1S/C21H40N4O6SSi2/c1-19(2,3)33(7,8)28-13-16-21(15(22)14-32(26,27)31-21)17(30-34(9,10)20(4,5)6)18(29-16)25-12-11-23-24-25/h11-12,14,16-18H,13,22H2,1-10H3/t16?,17-,18+,21?/m0/s1. The van der Waals surface area contributed by atoms with Crippen LogP contribution >= 0.6 is 0 Å². The van der Waals surface area contributed by atoms with Gasteiger partial charge in [0.2, 0.25) is 0 Å². The maximum atomic E-state index is 12.7. The lowest BCUT2D eigenvalue weighted by molar-refractivity contribution is -0.0595. The zero-order valence-corrected chi connectivity index (χ0v) is 24.8. The Kier molecular flexibility index (Phi) is 6.87. The van der Waals surface area contributed by atoms with Gasteiger partial charge in [-0.1, -0.05) is 46.8 Å². The highest BCUT2D eigenvalue weighted by Gasteiger charge is 2.67. The van der Waals surface area contributed by atoms with Gasteiger partial charge in [-0.2, -0.15) is 8.42 Å². The third-order valence-electron chi connectivity index (χ3n) is 7.77. The highest BCUT2D eigenvalue weighted by Crippen LogP contribution is 2.52. The second-order valence-electron chi connectivity index (χ2n) is 12.2. The number of nitrogens with zero attached hydrogens (tertiary/aromatic N) is 3. The minimum absolute atomic E-state index is 0.0441. The van der Waals surface area contributed by atoms with E-state index >= 15 is 0 Å². The molecule has 1 aromatic heterocycles. The first-order valence-electron chi connectivity index (χ1n) is 11.5. The van der Waals surface area contributed by atoms with Gasteiger partial charge in [0.25, 0.3) is 10.1 Å². The number of nitrogens with two attached hydrogens (primary N) is 1. The highest BCUT2D eigenvalue weighted by molar-refractivity contribution is 7.90. The highest BCUT2D eigenvalue weighted by atomic mass is 32.2. The molecular formula is C21H40N4O6SSi2. The fourth-order valence-electron chi connectivity index (χ4n) is 3.56. The number of rotatable bonds is 6. The molecule has 10 nitrogen and oxygen atoms in total. The van der Waals surface area contributed by atoms with E-state index in [1.165, 1.54) is 10.9 Å².